The Morgan fingerprint density at radius 2 is 1.69 bits per heavy atom. The van der Waals surface area contributed by atoms with Crippen molar-refractivity contribution in [2.75, 3.05) is 10.6 Å². The van der Waals surface area contributed by atoms with Crippen LogP contribution in [-0.2, 0) is 6.54 Å². The van der Waals surface area contributed by atoms with Crippen LogP contribution in [0.25, 0.3) is 0 Å². The van der Waals surface area contributed by atoms with Crippen molar-refractivity contribution in [3.05, 3.63) is 83.6 Å². The average Bonchev–Trinajstić information content (AvgIpc) is 2.68. The molecule has 1 aromatic heterocycles. The van der Waals surface area contributed by atoms with Gasteiger partial charge in [0.1, 0.15) is 11.5 Å². The van der Waals surface area contributed by atoms with E-state index in [1.807, 2.05) is 30.3 Å². The first-order valence-corrected chi connectivity index (χ1v) is 7.59. The van der Waals surface area contributed by atoms with E-state index in [0.29, 0.717) is 12.4 Å². The summed E-state index contributed by atoms with van der Waals surface area (Å²) < 4.78 is 39.7. The van der Waals surface area contributed by atoms with Gasteiger partial charge in [-0.1, -0.05) is 30.3 Å². The maximum atomic E-state index is 13.6. The highest BCUT2D eigenvalue weighted by Crippen LogP contribution is 2.20. The Bertz CT molecular complexity index is 918. The van der Waals surface area contributed by atoms with Crippen LogP contribution in [0.15, 0.2) is 54.9 Å². The third-order valence-electron chi connectivity index (χ3n) is 3.48. The Hall–Kier alpha value is -3.42. The maximum absolute atomic E-state index is 13.6. The first kappa shape index (κ1) is 17.4. The van der Waals surface area contributed by atoms with E-state index in [0.717, 1.165) is 17.7 Å². The molecular weight excluding hydrogens is 345 g/mol. The first-order valence-electron chi connectivity index (χ1n) is 7.59. The summed E-state index contributed by atoms with van der Waals surface area (Å²) in [6, 6.07) is 11.3. The summed E-state index contributed by atoms with van der Waals surface area (Å²) in [4.78, 5) is 20.0. The molecule has 0 unspecified atom stereocenters. The van der Waals surface area contributed by atoms with Crippen molar-refractivity contribution in [1.82, 2.24) is 9.97 Å². The highest BCUT2D eigenvalue weighted by Gasteiger charge is 2.16. The zero-order valence-corrected chi connectivity index (χ0v) is 13.3. The summed E-state index contributed by atoms with van der Waals surface area (Å²) in [6.45, 7) is 0.529. The molecule has 0 aliphatic rings. The van der Waals surface area contributed by atoms with Gasteiger partial charge in [0.25, 0.3) is 5.91 Å². The van der Waals surface area contributed by atoms with Gasteiger partial charge >= 0.3 is 0 Å². The van der Waals surface area contributed by atoms with Crippen molar-refractivity contribution in [3.8, 4) is 0 Å². The number of hydrogen-bond acceptors (Lipinski definition) is 4. The molecule has 0 aliphatic carbocycles. The van der Waals surface area contributed by atoms with E-state index in [2.05, 4.69) is 20.6 Å². The number of rotatable bonds is 5. The lowest BCUT2D eigenvalue weighted by molar-refractivity contribution is 0.102. The molecular formula is C18H13F3N4O. The van der Waals surface area contributed by atoms with Gasteiger partial charge in [-0.2, -0.15) is 0 Å². The lowest BCUT2D eigenvalue weighted by atomic mass is 10.2. The second-order valence-corrected chi connectivity index (χ2v) is 5.30. The number of hydrogen-bond donors (Lipinski definition) is 2. The third kappa shape index (κ3) is 3.97. The van der Waals surface area contributed by atoms with Crippen LogP contribution in [0.4, 0.5) is 24.7 Å². The molecule has 0 radical (unpaired) electrons. The normalized spacial score (nSPS) is 10.4. The number of anilines is 2. The first-order chi connectivity index (χ1) is 12.5. The van der Waals surface area contributed by atoms with Gasteiger partial charge in [-0.3, -0.25) is 4.79 Å². The molecule has 1 amide bonds. The molecule has 0 saturated heterocycles. The molecule has 1 heterocycles. The number of halogens is 3. The second-order valence-electron chi connectivity index (χ2n) is 5.30. The van der Waals surface area contributed by atoms with Gasteiger partial charge in [0.05, 0.1) is 18.1 Å². The number of benzene rings is 2. The second kappa shape index (κ2) is 7.64. The van der Waals surface area contributed by atoms with Gasteiger partial charge in [0.15, 0.2) is 17.5 Å². The number of nitrogens with one attached hydrogen (secondary N) is 2. The Kier molecular flexibility index (Phi) is 5.12. The third-order valence-corrected chi connectivity index (χ3v) is 3.48. The van der Waals surface area contributed by atoms with Crippen molar-refractivity contribution < 1.29 is 18.0 Å². The molecule has 0 aliphatic heterocycles. The van der Waals surface area contributed by atoms with Crippen LogP contribution >= 0.6 is 0 Å². The van der Waals surface area contributed by atoms with E-state index < -0.39 is 29.0 Å². The minimum absolute atomic E-state index is 0.0978. The van der Waals surface area contributed by atoms with Crippen LogP contribution in [0.5, 0.6) is 0 Å². The Morgan fingerprint density at radius 3 is 2.38 bits per heavy atom. The van der Waals surface area contributed by atoms with E-state index in [4.69, 9.17) is 0 Å². The predicted molar refractivity (Wildman–Crippen MR) is 90.1 cm³/mol. The van der Waals surface area contributed by atoms with E-state index in [1.165, 1.54) is 12.4 Å². The summed E-state index contributed by atoms with van der Waals surface area (Å²) >= 11 is 0. The summed E-state index contributed by atoms with van der Waals surface area (Å²) in [6.07, 6.45) is 2.54. The van der Waals surface area contributed by atoms with Gasteiger partial charge in [0, 0.05) is 6.54 Å². The summed E-state index contributed by atoms with van der Waals surface area (Å²) in [5, 5.41) is 5.17. The van der Waals surface area contributed by atoms with E-state index >= 15 is 0 Å². The largest absolute Gasteiger partial charge is 0.365 e. The molecule has 0 bridgehead atoms. The van der Waals surface area contributed by atoms with E-state index in [-0.39, 0.29) is 5.69 Å². The SMILES string of the molecule is O=C(Nc1ccc(F)c(F)c1F)c1cnc(NCc2ccccc2)cn1. The predicted octanol–water partition coefficient (Wildman–Crippen LogP) is 3.76. The zero-order chi connectivity index (χ0) is 18.5. The number of carbonyl (C=O) groups is 1. The lowest BCUT2D eigenvalue weighted by Crippen LogP contribution is -2.16. The van der Waals surface area contributed by atoms with Crippen molar-refractivity contribution in [1.29, 1.82) is 0 Å². The van der Waals surface area contributed by atoms with Gasteiger partial charge in [-0.15, -0.1) is 0 Å². The van der Waals surface area contributed by atoms with Crippen LogP contribution < -0.4 is 10.6 Å². The molecule has 0 fully saturated rings. The van der Waals surface area contributed by atoms with Gasteiger partial charge in [0.2, 0.25) is 0 Å². The van der Waals surface area contributed by atoms with E-state index in [1.54, 1.807) is 0 Å². The average molecular weight is 358 g/mol. The van der Waals surface area contributed by atoms with Gasteiger partial charge in [-0.25, -0.2) is 23.1 Å². The summed E-state index contributed by atoms with van der Waals surface area (Å²) in [5.74, 6) is -4.82. The molecule has 0 atom stereocenters. The molecule has 3 rings (SSSR count). The fourth-order valence-corrected chi connectivity index (χ4v) is 2.13. The smallest absolute Gasteiger partial charge is 0.275 e. The molecule has 0 saturated carbocycles. The number of nitrogens with zero attached hydrogens (tertiary/aromatic N) is 2. The van der Waals surface area contributed by atoms with Gasteiger partial charge in [-0.05, 0) is 17.7 Å². The number of carbonyl (C=O) groups excluding carboxylic acids is 1. The summed E-state index contributed by atoms with van der Waals surface area (Å²) in [5.41, 5.74) is 0.464. The number of aromatic nitrogens is 2. The molecule has 26 heavy (non-hydrogen) atoms. The Labute approximate surface area is 146 Å². The van der Waals surface area contributed by atoms with Crippen LogP contribution in [-0.4, -0.2) is 15.9 Å². The van der Waals surface area contributed by atoms with Crippen molar-refractivity contribution >= 4 is 17.4 Å². The molecule has 3 aromatic rings. The fourth-order valence-electron chi connectivity index (χ4n) is 2.13. The molecule has 132 valence electrons. The quantitative estimate of drug-likeness (QED) is 0.682. The highest BCUT2D eigenvalue weighted by molar-refractivity contribution is 6.02. The van der Waals surface area contributed by atoms with Gasteiger partial charge < -0.3 is 10.6 Å². The zero-order valence-electron chi connectivity index (χ0n) is 13.3. The Balaban J connectivity index is 1.64. The topological polar surface area (TPSA) is 66.9 Å². The molecule has 2 aromatic carbocycles. The summed E-state index contributed by atoms with van der Waals surface area (Å²) in [7, 11) is 0. The molecule has 2 N–H and O–H groups in total. The fraction of sp³-hybridized carbons (Fsp3) is 0.0556. The van der Waals surface area contributed by atoms with Crippen LogP contribution in [0, 0.1) is 17.5 Å². The standard InChI is InChI=1S/C18H13F3N4O/c19-12-6-7-13(17(21)16(12)20)25-18(26)14-9-24-15(10-22-14)23-8-11-4-2-1-3-5-11/h1-7,9-10H,8H2,(H,23,24)(H,25,26). The molecule has 0 spiro atoms. The monoisotopic (exact) mass is 358 g/mol. The van der Waals surface area contributed by atoms with Crippen LogP contribution in [0.3, 0.4) is 0 Å². The Morgan fingerprint density at radius 1 is 0.923 bits per heavy atom. The molecule has 8 heteroatoms. The van der Waals surface area contributed by atoms with Crippen LogP contribution in [0.1, 0.15) is 16.1 Å². The van der Waals surface area contributed by atoms with Crippen molar-refractivity contribution in [2.24, 2.45) is 0 Å². The molecule has 5 nitrogen and oxygen atoms in total. The van der Waals surface area contributed by atoms with Crippen molar-refractivity contribution in [3.63, 3.8) is 0 Å². The van der Waals surface area contributed by atoms with Crippen LogP contribution in [0.2, 0.25) is 0 Å². The highest BCUT2D eigenvalue weighted by atomic mass is 19.2. The van der Waals surface area contributed by atoms with Crippen molar-refractivity contribution in [2.45, 2.75) is 6.54 Å². The minimum atomic E-state index is -1.66. The van der Waals surface area contributed by atoms with E-state index in [9.17, 15) is 18.0 Å². The maximum Gasteiger partial charge on any atom is 0.275 e. The lowest BCUT2D eigenvalue weighted by Gasteiger charge is -2.08. The number of amides is 1. The minimum Gasteiger partial charge on any atom is -0.365 e.